The van der Waals surface area contributed by atoms with E-state index in [1.165, 1.54) is 17.6 Å². The molecule has 1 amide bonds. The van der Waals surface area contributed by atoms with E-state index in [2.05, 4.69) is 33.1 Å². The van der Waals surface area contributed by atoms with Crippen molar-refractivity contribution in [2.45, 2.75) is 0 Å². The third kappa shape index (κ3) is 4.77. The number of hydrazone groups is 1. The summed E-state index contributed by atoms with van der Waals surface area (Å²) >= 11 is 3.43. The largest absolute Gasteiger partial charge is 0.422 e. The number of nitrogens with one attached hydrogen (secondary N) is 1. The maximum Gasteiger partial charge on any atom is 0.353 e. The van der Waals surface area contributed by atoms with Gasteiger partial charge in [0.25, 0.3) is 5.91 Å². The minimum absolute atomic E-state index is 0.271. The maximum absolute atomic E-state index is 12.1. The summed E-state index contributed by atoms with van der Waals surface area (Å²) in [6, 6.07) is 17.6. The highest BCUT2D eigenvalue weighted by Gasteiger charge is 2.09. The van der Waals surface area contributed by atoms with Gasteiger partial charge in [0.1, 0.15) is 10.6 Å². The Balaban J connectivity index is 1.57. The molecule has 130 valence electrons. The van der Waals surface area contributed by atoms with Gasteiger partial charge >= 0.3 is 5.97 Å². The molecule has 0 atom stereocenters. The van der Waals surface area contributed by atoms with Crippen LogP contribution in [0.2, 0.25) is 0 Å². The van der Waals surface area contributed by atoms with Crippen molar-refractivity contribution < 1.29 is 14.3 Å². The Morgan fingerprint density at radius 1 is 1.04 bits per heavy atom. The number of halogens is 1. The SMILES string of the molecule is O=C(Oc1ccc(C=NNC(=O)c2ccccc2I)cc1)c1cccs1. The lowest BCUT2D eigenvalue weighted by Gasteiger charge is -2.03. The quantitative estimate of drug-likeness (QED) is 0.196. The van der Waals surface area contributed by atoms with Gasteiger partial charge in [0.2, 0.25) is 0 Å². The molecule has 0 unspecified atom stereocenters. The predicted octanol–water partition coefficient (Wildman–Crippen LogP) is 4.34. The van der Waals surface area contributed by atoms with E-state index in [-0.39, 0.29) is 11.9 Å². The van der Waals surface area contributed by atoms with Crippen LogP contribution in [0.4, 0.5) is 0 Å². The zero-order valence-corrected chi connectivity index (χ0v) is 16.4. The molecule has 5 nitrogen and oxygen atoms in total. The summed E-state index contributed by atoms with van der Waals surface area (Å²) in [4.78, 5) is 24.5. The molecule has 3 rings (SSSR count). The zero-order valence-electron chi connectivity index (χ0n) is 13.4. The molecule has 0 aliphatic rings. The molecule has 0 fully saturated rings. The van der Waals surface area contributed by atoms with Crippen LogP contribution in [-0.2, 0) is 0 Å². The van der Waals surface area contributed by atoms with Gasteiger partial charge < -0.3 is 4.74 Å². The minimum Gasteiger partial charge on any atom is -0.422 e. The van der Waals surface area contributed by atoms with Gasteiger partial charge in [-0.2, -0.15) is 5.10 Å². The van der Waals surface area contributed by atoms with Crippen LogP contribution in [0.5, 0.6) is 5.75 Å². The molecule has 0 bridgehead atoms. The first-order valence-electron chi connectivity index (χ1n) is 7.57. The van der Waals surface area contributed by atoms with Crippen LogP contribution in [0.1, 0.15) is 25.6 Å². The predicted molar refractivity (Wildman–Crippen MR) is 110 cm³/mol. The Hall–Kier alpha value is -2.52. The van der Waals surface area contributed by atoms with Crippen molar-refractivity contribution in [3.8, 4) is 5.75 Å². The van der Waals surface area contributed by atoms with Gasteiger partial charge in [-0.25, -0.2) is 10.2 Å². The number of carbonyl (C=O) groups is 2. The van der Waals surface area contributed by atoms with Crippen molar-refractivity contribution in [1.29, 1.82) is 0 Å². The number of rotatable bonds is 5. The van der Waals surface area contributed by atoms with E-state index in [1.807, 2.05) is 17.5 Å². The first-order chi connectivity index (χ1) is 12.6. The van der Waals surface area contributed by atoms with E-state index < -0.39 is 0 Å². The number of hydrogen-bond donors (Lipinski definition) is 1. The van der Waals surface area contributed by atoms with Gasteiger partial charge in [0, 0.05) is 3.57 Å². The van der Waals surface area contributed by atoms with E-state index in [1.54, 1.807) is 48.5 Å². The molecular formula is C19H13IN2O3S. The van der Waals surface area contributed by atoms with Crippen LogP contribution in [0.15, 0.2) is 71.1 Å². The molecule has 0 saturated carbocycles. The fourth-order valence-electron chi connectivity index (χ4n) is 2.04. The number of esters is 1. The number of amides is 1. The summed E-state index contributed by atoms with van der Waals surface area (Å²) < 4.78 is 6.14. The molecule has 1 heterocycles. The normalized spacial score (nSPS) is 10.7. The number of thiophene rings is 1. The molecule has 1 aromatic heterocycles. The van der Waals surface area contributed by atoms with Gasteiger partial charge in [-0.3, -0.25) is 4.79 Å². The highest BCUT2D eigenvalue weighted by Crippen LogP contribution is 2.16. The second-order valence-electron chi connectivity index (χ2n) is 5.11. The lowest BCUT2D eigenvalue weighted by Crippen LogP contribution is -2.18. The Morgan fingerprint density at radius 3 is 2.50 bits per heavy atom. The van der Waals surface area contributed by atoms with E-state index in [0.29, 0.717) is 16.2 Å². The van der Waals surface area contributed by atoms with Crippen molar-refractivity contribution in [1.82, 2.24) is 5.43 Å². The van der Waals surface area contributed by atoms with Crippen LogP contribution in [-0.4, -0.2) is 18.1 Å². The van der Waals surface area contributed by atoms with Gasteiger partial charge in [0.05, 0.1) is 11.8 Å². The number of benzene rings is 2. The van der Waals surface area contributed by atoms with Gasteiger partial charge in [-0.15, -0.1) is 11.3 Å². The second-order valence-corrected chi connectivity index (χ2v) is 7.22. The van der Waals surface area contributed by atoms with E-state index in [9.17, 15) is 9.59 Å². The standard InChI is InChI=1S/C19H13IN2O3S/c20-16-5-2-1-4-15(16)18(23)22-21-12-13-7-9-14(10-8-13)25-19(24)17-6-3-11-26-17/h1-12H,(H,22,23). The zero-order chi connectivity index (χ0) is 18.4. The number of carbonyl (C=O) groups excluding carboxylic acids is 2. The Morgan fingerprint density at radius 2 is 1.81 bits per heavy atom. The third-order valence-corrected chi connectivity index (χ3v) is 5.10. The number of ether oxygens (including phenoxy) is 1. The van der Waals surface area contributed by atoms with Crippen molar-refractivity contribution in [2.75, 3.05) is 0 Å². The summed E-state index contributed by atoms with van der Waals surface area (Å²) in [6.45, 7) is 0. The summed E-state index contributed by atoms with van der Waals surface area (Å²) in [5.74, 6) is -0.206. The monoisotopic (exact) mass is 476 g/mol. The van der Waals surface area contributed by atoms with E-state index >= 15 is 0 Å². The lowest BCUT2D eigenvalue weighted by atomic mass is 10.2. The van der Waals surface area contributed by atoms with Crippen LogP contribution >= 0.6 is 33.9 Å². The van der Waals surface area contributed by atoms with Crippen LogP contribution in [0.25, 0.3) is 0 Å². The highest BCUT2D eigenvalue weighted by molar-refractivity contribution is 14.1. The van der Waals surface area contributed by atoms with E-state index in [0.717, 1.165) is 9.13 Å². The molecule has 3 aromatic rings. The third-order valence-electron chi connectivity index (χ3n) is 3.31. The maximum atomic E-state index is 12.1. The van der Waals surface area contributed by atoms with Crippen molar-refractivity contribution in [3.05, 3.63) is 85.6 Å². The smallest absolute Gasteiger partial charge is 0.353 e. The van der Waals surface area contributed by atoms with Crippen LogP contribution < -0.4 is 10.2 Å². The molecule has 0 aliphatic carbocycles. The molecular weight excluding hydrogens is 463 g/mol. The fraction of sp³-hybridized carbons (Fsp3) is 0. The summed E-state index contributed by atoms with van der Waals surface area (Å²) in [6.07, 6.45) is 1.53. The fourth-order valence-corrected chi connectivity index (χ4v) is 3.28. The van der Waals surface area contributed by atoms with E-state index in [4.69, 9.17) is 4.74 Å². The topological polar surface area (TPSA) is 67.8 Å². The first kappa shape index (κ1) is 18.3. The molecule has 0 aliphatic heterocycles. The van der Waals surface area contributed by atoms with Crippen LogP contribution in [0, 0.1) is 3.57 Å². The molecule has 26 heavy (non-hydrogen) atoms. The molecule has 2 aromatic carbocycles. The van der Waals surface area contributed by atoms with Gasteiger partial charge in [0.15, 0.2) is 0 Å². The van der Waals surface area contributed by atoms with Crippen molar-refractivity contribution in [2.24, 2.45) is 5.10 Å². The van der Waals surface area contributed by atoms with Crippen molar-refractivity contribution >= 4 is 52.0 Å². The minimum atomic E-state index is -0.383. The van der Waals surface area contributed by atoms with Crippen LogP contribution in [0.3, 0.4) is 0 Å². The number of nitrogens with zero attached hydrogens (tertiary/aromatic N) is 1. The molecule has 0 spiro atoms. The first-order valence-corrected chi connectivity index (χ1v) is 9.53. The summed E-state index contributed by atoms with van der Waals surface area (Å²) in [5.41, 5.74) is 3.83. The highest BCUT2D eigenvalue weighted by atomic mass is 127. The lowest BCUT2D eigenvalue weighted by molar-refractivity contribution is 0.0739. The van der Waals surface area contributed by atoms with Gasteiger partial charge in [-0.05, 0) is 76.0 Å². The Labute approximate surface area is 167 Å². The molecule has 7 heteroatoms. The van der Waals surface area contributed by atoms with Gasteiger partial charge in [-0.1, -0.05) is 18.2 Å². The Bertz CT molecular complexity index is 938. The van der Waals surface area contributed by atoms with Crippen molar-refractivity contribution in [3.63, 3.8) is 0 Å². The molecule has 0 radical (unpaired) electrons. The second kappa shape index (κ2) is 8.72. The summed E-state index contributed by atoms with van der Waals surface area (Å²) in [7, 11) is 0. The molecule has 0 saturated heterocycles. The number of hydrogen-bond acceptors (Lipinski definition) is 5. The molecule has 1 N–H and O–H groups in total. The Kier molecular flexibility index (Phi) is 6.13. The average Bonchev–Trinajstić information content (AvgIpc) is 3.18. The summed E-state index contributed by atoms with van der Waals surface area (Å²) in [5, 5.41) is 5.78. The average molecular weight is 476 g/mol.